The zero-order valence-electron chi connectivity index (χ0n) is 13.0. The number of nitrogen functional groups attached to an aromatic ring is 1. The summed E-state index contributed by atoms with van der Waals surface area (Å²) in [6, 6.07) is 17.6. The Kier molecular flexibility index (Phi) is 4.47. The van der Waals surface area contributed by atoms with E-state index in [9.17, 15) is 0 Å². The molecule has 3 aromatic rings. The van der Waals surface area contributed by atoms with Crippen molar-refractivity contribution in [3.8, 4) is 22.8 Å². The lowest BCUT2D eigenvalue weighted by atomic mass is 10.1. The van der Waals surface area contributed by atoms with Gasteiger partial charge in [0.2, 0.25) is 0 Å². The molecule has 3 N–H and O–H groups in total. The number of aromatic amines is 1. The first-order valence-corrected chi connectivity index (χ1v) is 7.51. The van der Waals surface area contributed by atoms with Crippen molar-refractivity contribution in [3.63, 3.8) is 0 Å². The Balaban J connectivity index is 1.94. The number of nitrogens with one attached hydrogen (secondary N) is 1. The van der Waals surface area contributed by atoms with Gasteiger partial charge in [-0.05, 0) is 24.6 Å². The first-order valence-electron chi connectivity index (χ1n) is 7.51. The minimum absolute atomic E-state index is 0.441. The van der Waals surface area contributed by atoms with E-state index in [0.29, 0.717) is 30.5 Å². The molecule has 0 aliphatic heterocycles. The Morgan fingerprint density at radius 3 is 2.57 bits per heavy atom. The van der Waals surface area contributed by atoms with Crippen molar-refractivity contribution in [2.75, 3.05) is 12.3 Å². The van der Waals surface area contributed by atoms with Crippen molar-refractivity contribution in [1.82, 2.24) is 10.2 Å². The first-order chi connectivity index (χ1) is 11.3. The Hall–Kier alpha value is -2.95. The zero-order valence-corrected chi connectivity index (χ0v) is 13.0. The van der Waals surface area contributed by atoms with Crippen LogP contribution >= 0.6 is 0 Å². The van der Waals surface area contributed by atoms with Gasteiger partial charge in [-0.3, -0.25) is 5.10 Å². The molecule has 0 spiro atoms. The van der Waals surface area contributed by atoms with Gasteiger partial charge in [0.05, 0.1) is 12.3 Å². The molecule has 1 heterocycles. The van der Waals surface area contributed by atoms with E-state index in [-0.39, 0.29) is 0 Å². The van der Waals surface area contributed by atoms with Crippen LogP contribution in [-0.4, -0.2) is 16.8 Å². The molecule has 1 aromatic heterocycles. The van der Waals surface area contributed by atoms with Crippen LogP contribution in [0.4, 0.5) is 5.82 Å². The molecule has 118 valence electrons. The highest BCUT2D eigenvalue weighted by Crippen LogP contribution is 2.38. The maximum atomic E-state index is 6.06. The second-order valence-electron chi connectivity index (χ2n) is 5.05. The van der Waals surface area contributed by atoms with E-state index in [4.69, 9.17) is 15.2 Å². The molecule has 0 amide bonds. The van der Waals surface area contributed by atoms with Crippen molar-refractivity contribution in [2.45, 2.75) is 13.5 Å². The molecule has 0 unspecified atom stereocenters. The highest BCUT2D eigenvalue weighted by molar-refractivity contribution is 5.72. The van der Waals surface area contributed by atoms with E-state index in [1.165, 1.54) is 0 Å². The SMILES string of the molecule is CCOc1cccc(-c2cc(N)n[nH]2)c1OCc1ccccc1. The van der Waals surface area contributed by atoms with E-state index < -0.39 is 0 Å². The average Bonchev–Trinajstić information content (AvgIpc) is 3.01. The third kappa shape index (κ3) is 3.45. The van der Waals surface area contributed by atoms with Crippen LogP contribution < -0.4 is 15.2 Å². The summed E-state index contributed by atoms with van der Waals surface area (Å²) in [7, 11) is 0. The summed E-state index contributed by atoms with van der Waals surface area (Å²) in [5.74, 6) is 1.83. The maximum absolute atomic E-state index is 6.06. The molecule has 0 saturated heterocycles. The van der Waals surface area contributed by atoms with Crippen LogP contribution in [0.3, 0.4) is 0 Å². The molecule has 5 heteroatoms. The minimum Gasteiger partial charge on any atom is -0.490 e. The zero-order chi connectivity index (χ0) is 16.1. The van der Waals surface area contributed by atoms with Crippen LogP contribution in [0, 0.1) is 0 Å². The molecule has 5 nitrogen and oxygen atoms in total. The van der Waals surface area contributed by atoms with Gasteiger partial charge in [0.15, 0.2) is 11.5 Å². The van der Waals surface area contributed by atoms with Crippen LogP contribution in [-0.2, 0) is 6.61 Å². The molecule has 0 saturated carbocycles. The number of nitrogens with two attached hydrogens (primary N) is 1. The Morgan fingerprint density at radius 1 is 1.04 bits per heavy atom. The number of hydrogen-bond donors (Lipinski definition) is 2. The molecule has 0 fully saturated rings. The largest absolute Gasteiger partial charge is 0.490 e. The van der Waals surface area contributed by atoms with E-state index in [1.807, 2.05) is 55.5 Å². The quantitative estimate of drug-likeness (QED) is 0.729. The van der Waals surface area contributed by atoms with Gasteiger partial charge in [0, 0.05) is 11.6 Å². The summed E-state index contributed by atoms with van der Waals surface area (Å²) in [6.45, 7) is 2.97. The summed E-state index contributed by atoms with van der Waals surface area (Å²) in [5.41, 5.74) is 8.47. The summed E-state index contributed by atoms with van der Waals surface area (Å²) < 4.78 is 11.8. The third-order valence-corrected chi connectivity index (χ3v) is 3.39. The summed E-state index contributed by atoms with van der Waals surface area (Å²) >= 11 is 0. The standard InChI is InChI=1S/C18H19N3O2/c1-2-22-16-10-6-9-14(15-11-17(19)21-20-15)18(16)23-12-13-7-4-3-5-8-13/h3-11H,2,12H2,1H3,(H3,19,20,21). The molecule has 2 aromatic carbocycles. The van der Waals surface area contributed by atoms with Crippen LogP contribution in [0.2, 0.25) is 0 Å². The van der Waals surface area contributed by atoms with Gasteiger partial charge in [-0.1, -0.05) is 36.4 Å². The van der Waals surface area contributed by atoms with E-state index >= 15 is 0 Å². The molecule has 0 atom stereocenters. The van der Waals surface area contributed by atoms with Gasteiger partial charge in [-0.2, -0.15) is 5.10 Å². The molecule has 0 aliphatic rings. The normalized spacial score (nSPS) is 10.5. The fourth-order valence-electron chi connectivity index (χ4n) is 2.35. The van der Waals surface area contributed by atoms with E-state index in [2.05, 4.69) is 10.2 Å². The summed E-state index contributed by atoms with van der Waals surface area (Å²) in [4.78, 5) is 0. The maximum Gasteiger partial charge on any atom is 0.171 e. The molecule has 0 aliphatic carbocycles. The highest BCUT2D eigenvalue weighted by atomic mass is 16.5. The fraction of sp³-hybridized carbons (Fsp3) is 0.167. The van der Waals surface area contributed by atoms with Gasteiger partial charge in [0.1, 0.15) is 12.4 Å². The van der Waals surface area contributed by atoms with Gasteiger partial charge >= 0.3 is 0 Å². The van der Waals surface area contributed by atoms with Crippen LogP contribution in [0.5, 0.6) is 11.5 Å². The van der Waals surface area contributed by atoms with Crippen molar-refractivity contribution < 1.29 is 9.47 Å². The van der Waals surface area contributed by atoms with Gasteiger partial charge in [0.25, 0.3) is 0 Å². The Morgan fingerprint density at radius 2 is 1.87 bits per heavy atom. The Bertz CT molecular complexity index is 769. The summed E-state index contributed by atoms with van der Waals surface area (Å²) in [5, 5.41) is 6.90. The lowest BCUT2D eigenvalue weighted by Crippen LogP contribution is -2.01. The predicted molar refractivity (Wildman–Crippen MR) is 90.4 cm³/mol. The number of ether oxygens (including phenoxy) is 2. The lowest BCUT2D eigenvalue weighted by molar-refractivity contribution is 0.270. The second kappa shape index (κ2) is 6.87. The molecule has 0 radical (unpaired) electrons. The van der Waals surface area contributed by atoms with Crippen molar-refractivity contribution >= 4 is 5.82 Å². The number of hydrogen-bond acceptors (Lipinski definition) is 4. The molecular weight excluding hydrogens is 290 g/mol. The summed E-state index contributed by atoms with van der Waals surface area (Å²) in [6.07, 6.45) is 0. The van der Waals surface area contributed by atoms with Gasteiger partial charge in [-0.15, -0.1) is 0 Å². The van der Waals surface area contributed by atoms with E-state index in [0.717, 1.165) is 16.8 Å². The molecule has 3 rings (SSSR count). The van der Waals surface area contributed by atoms with Crippen LogP contribution in [0.15, 0.2) is 54.6 Å². The predicted octanol–water partition coefficient (Wildman–Crippen LogP) is 3.64. The van der Waals surface area contributed by atoms with Gasteiger partial charge in [-0.25, -0.2) is 0 Å². The number of benzene rings is 2. The number of rotatable bonds is 6. The van der Waals surface area contributed by atoms with E-state index in [1.54, 1.807) is 6.07 Å². The van der Waals surface area contributed by atoms with Crippen molar-refractivity contribution in [1.29, 1.82) is 0 Å². The number of H-pyrrole nitrogens is 1. The second-order valence-corrected chi connectivity index (χ2v) is 5.05. The van der Waals surface area contributed by atoms with Crippen molar-refractivity contribution in [3.05, 3.63) is 60.2 Å². The smallest absolute Gasteiger partial charge is 0.171 e. The molecular formula is C18H19N3O2. The minimum atomic E-state index is 0.441. The van der Waals surface area contributed by atoms with Gasteiger partial charge < -0.3 is 15.2 Å². The van der Waals surface area contributed by atoms with Crippen molar-refractivity contribution in [2.24, 2.45) is 0 Å². The third-order valence-electron chi connectivity index (χ3n) is 3.39. The fourth-order valence-corrected chi connectivity index (χ4v) is 2.35. The number of anilines is 1. The van der Waals surface area contributed by atoms with Crippen LogP contribution in [0.1, 0.15) is 12.5 Å². The highest BCUT2D eigenvalue weighted by Gasteiger charge is 2.14. The topological polar surface area (TPSA) is 73.2 Å². The number of para-hydroxylation sites is 1. The Labute approximate surface area is 135 Å². The lowest BCUT2D eigenvalue weighted by Gasteiger charge is -2.15. The van der Waals surface area contributed by atoms with Crippen LogP contribution in [0.25, 0.3) is 11.3 Å². The number of nitrogens with zero attached hydrogens (tertiary/aromatic N) is 1. The monoisotopic (exact) mass is 309 g/mol. The number of aromatic nitrogens is 2. The molecule has 0 bridgehead atoms. The average molecular weight is 309 g/mol. The molecule has 23 heavy (non-hydrogen) atoms. The first kappa shape index (κ1) is 15.0.